The minimum absolute atomic E-state index is 0.0321. The number of aryl methyl sites for hydroxylation is 1. The average Bonchev–Trinajstić information content (AvgIpc) is 3.24. The Morgan fingerprint density at radius 2 is 1.91 bits per heavy atom. The predicted molar refractivity (Wildman–Crippen MR) is 139 cm³/mol. The molecule has 0 saturated heterocycles. The van der Waals surface area contributed by atoms with Crippen molar-refractivity contribution in [2.75, 3.05) is 13.2 Å². The molecule has 1 fully saturated rings. The summed E-state index contributed by atoms with van der Waals surface area (Å²) in [5.74, 6) is 2.08. The summed E-state index contributed by atoms with van der Waals surface area (Å²) in [5, 5.41) is 11.8. The van der Waals surface area contributed by atoms with Gasteiger partial charge in [-0.1, -0.05) is 87.9 Å². The van der Waals surface area contributed by atoms with Crippen molar-refractivity contribution in [3.63, 3.8) is 0 Å². The first-order chi connectivity index (χ1) is 16.5. The number of hydrogen-bond acceptors (Lipinski definition) is 4. The smallest absolute Gasteiger partial charge is 0.294 e. The number of carbonyl (C=O) groups is 1. The molecule has 0 radical (unpaired) electrons. The van der Waals surface area contributed by atoms with E-state index in [1.807, 2.05) is 19.1 Å². The van der Waals surface area contributed by atoms with Crippen LogP contribution in [-0.2, 0) is 16.1 Å². The van der Waals surface area contributed by atoms with Gasteiger partial charge < -0.3 is 10.2 Å². The van der Waals surface area contributed by atoms with Crippen LogP contribution in [0.15, 0.2) is 42.5 Å². The van der Waals surface area contributed by atoms with E-state index in [0.717, 1.165) is 24.7 Å². The van der Waals surface area contributed by atoms with Gasteiger partial charge in [0.25, 0.3) is 5.09 Å². The number of nitrogens with one attached hydrogen (secondary N) is 1. The molecule has 34 heavy (non-hydrogen) atoms. The molecule has 0 bridgehead atoms. The van der Waals surface area contributed by atoms with Gasteiger partial charge in [0.1, 0.15) is 0 Å². The summed E-state index contributed by atoms with van der Waals surface area (Å²) in [7, 11) is 0. The van der Waals surface area contributed by atoms with Gasteiger partial charge in [0.15, 0.2) is 0 Å². The van der Waals surface area contributed by atoms with Crippen LogP contribution in [-0.4, -0.2) is 24.1 Å². The van der Waals surface area contributed by atoms with Crippen LogP contribution >= 0.6 is 0 Å². The lowest BCUT2D eigenvalue weighted by Gasteiger charge is -2.14. The minimum Gasteiger partial charge on any atom is -0.356 e. The fraction of sp³-hybridized carbons (Fsp3) is 0.679. The molecule has 1 N–H and O–H groups in total. The number of benzene rings is 1. The van der Waals surface area contributed by atoms with Crippen molar-refractivity contribution >= 4 is 5.91 Å². The Hall–Kier alpha value is -2.37. The van der Waals surface area contributed by atoms with Gasteiger partial charge in [-0.25, -0.2) is 0 Å². The Labute approximate surface area is 206 Å². The highest BCUT2D eigenvalue weighted by Crippen LogP contribution is 2.34. The molecule has 1 aliphatic carbocycles. The number of rotatable bonds is 16. The standard InChI is InChI=1S/C17H26.C11H20N2O4/c1-15-9-8-14-17(15)13-7-3-6-12-16-10-4-2-5-11-16;1-2-3-4-5-8-11(14)12-9-6-7-10-17-13(15)16/h2,4-5,10-11,15,17H,3,6-9,12-14H2,1H3;2-3H,4-10H2,1H3,(H,12,14). The second-order valence-corrected chi connectivity index (χ2v) is 9.33. The molecule has 0 heterocycles. The molecule has 1 amide bonds. The van der Waals surface area contributed by atoms with Crippen LogP contribution in [0.4, 0.5) is 0 Å². The van der Waals surface area contributed by atoms with Crippen LogP contribution in [0, 0.1) is 22.0 Å². The van der Waals surface area contributed by atoms with Gasteiger partial charge >= 0.3 is 0 Å². The van der Waals surface area contributed by atoms with Crippen molar-refractivity contribution in [1.29, 1.82) is 0 Å². The predicted octanol–water partition coefficient (Wildman–Crippen LogP) is 7.06. The van der Waals surface area contributed by atoms with Gasteiger partial charge in [0, 0.05) is 13.0 Å². The van der Waals surface area contributed by atoms with Gasteiger partial charge in [0.2, 0.25) is 5.91 Å². The van der Waals surface area contributed by atoms with Crippen LogP contribution in [0.2, 0.25) is 0 Å². The van der Waals surface area contributed by atoms with Crippen LogP contribution in [0.3, 0.4) is 0 Å². The minimum atomic E-state index is -0.806. The summed E-state index contributed by atoms with van der Waals surface area (Å²) < 4.78 is 0. The molecule has 2 atom stereocenters. The maximum absolute atomic E-state index is 11.3. The Balaban J connectivity index is 0.000000340. The van der Waals surface area contributed by atoms with Crippen molar-refractivity contribution in [1.82, 2.24) is 5.32 Å². The molecule has 0 aliphatic heterocycles. The van der Waals surface area contributed by atoms with Gasteiger partial charge in [0.05, 0.1) is 6.61 Å². The van der Waals surface area contributed by atoms with Crippen molar-refractivity contribution in [3.8, 4) is 0 Å². The molecular formula is C28H46N2O4. The van der Waals surface area contributed by atoms with E-state index < -0.39 is 5.09 Å². The lowest BCUT2D eigenvalue weighted by atomic mass is 9.92. The SMILES string of the molecule is CC1CCCC1CCCCCc1ccccc1.CC=CCCCC(=O)NCCCCO[N+](=O)[O-]. The second-order valence-electron chi connectivity index (χ2n) is 9.33. The van der Waals surface area contributed by atoms with Gasteiger partial charge in [-0.15, -0.1) is 10.1 Å². The molecule has 192 valence electrons. The van der Waals surface area contributed by atoms with E-state index in [1.165, 1.54) is 56.9 Å². The molecular weight excluding hydrogens is 428 g/mol. The number of unbranched alkanes of at least 4 members (excludes halogenated alkanes) is 4. The first-order valence-electron chi connectivity index (χ1n) is 13.2. The maximum atomic E-state index is 11.3. The van der Waals surface area contributed by atoms with Crippen LogP contribution in [0.1, 0.15) is 96.5 Å². The molecule has 0 spiro atoms. The van der Waals surface area contributed by atoms with Crippen molar-refractivity contribution in [2.45, 2.75) is 97.3 Å². The quantitative estimate of drug-likeness (QED) is 0.120. The zero-order valence-electron chi connectivity index (χ0n) is 21.4. The molecule has 6 heteroatoms. The van der Waals surface area contributed by atoms with Crippen LogP contribution in [0.5, 0.6) is 0 Å². The first-order valence-corrected chi connectivity index (χ1v) is 13.2. The number of hydrogen-bond donors (Lipinski definition) is 1. The van der Waals surface area contributed by atoms with E-state index in [4.69, 9.17) is 0 Å². The molecule has 2 rings (SSSR count). The fourth-order valence-corrected chi connectivity index (χ4v) is 4.44. The van der Waals surface area contributed by atoms with Crippen molar-refractivity contribution in [2.24, 2.45) is 11.8 Å². The third kappa shape index (κ3) is 16.3. The molecule has 6 nitrogen and oxygen atoms in total. The number of carbonyl (C=O) groups excluding carboxylic acids is 1. The highest BCUT2D eigenvalue weighted by atomic mass is 16.9. The Kier molecular flexibility index (Phi) is 17.5. The van der Waals surface area contributed by atoms with E-state index in [1.54, 1.807) is 0 Å². The topological polar surface area (TPSA) is 81.5 Å². The summed E-state index contributed by atoms with van der Waals surface area (Å²) in [5.41, 5.74) is 1.50. The van der Waals surface area contributed by atoms with Gasteiger partial charge in [-0.2, -0.15) is 0 Å². The lowest BCUT2D eigenvalue weighted by Crippen LogP contribution is -2.24. The largest absolute Gasteiger partial charge is 0.356 e. The Bertz CT molecular complexity index is 678. The number of amides is 1. The first kappa shape index (κ1) is 29.7. The van der Waals surface area contributed by atoms with Crippen molar-refractivity contribution < 1.29 is 14.7 Å². The number of allylic oxidation sites excluding steroid dienone is 2. The lowest BCUT2D eigenvalue weighted by molar-refractivity contribution is -0.757. The summed E-state index contributed by atoms with van der Waals surface area (Å²) in [6, 6.07) is 10.9. The van der Waals surface area contributed by atoms with E-state index in [-0.39, 0.29) is 12.5 Å². The fourth-order valence-electron chi connectivity index (χ4n) is 4.44. The maximum Gasteiger partial charge on any atom is 0.294 e. The Morgan fingerprint density at radius 3 is 2.59 bits per heavy atom. The van der Waals surface area contributed by atoms with E-state index in [2.05, 4.69) is 47.4 Å². The molecule has 1 aliphatic rings. The summed E-state index contributed by atoms with van der Waals surface area (Å²) >= 11 is 0. The van der Waals surface area contributed by atoms with Crippen molar-refractivity contribution in [3.05, 3.63) is 58.2 Å². The zero-order chi connectivity index (χ0) is 24.9. The van der Waals surface area contributed by atoms with Gasteiger partial charge in [-0.3, -0.25) is 4.79 Å². The summed E-state index contributed by atoms with van der Waals surface area (Å²) in [6.45, 7) is 5.03. The molecule has 0 aromatic heterocycles. The van der Waals surface area contributed by atoms with Gasteiger partial charge in [-0.05, 0) is 62.8 Å². The highest BCUT2D eigenvalue weighted by Gasteiger charge is 2.22. The molecule has 1 aromatic carbocycles. The zero-order valence-corrected chi connectivity index (χ0v) is 21.4. The Morgan fingerprint density at radius 1 is 1.12 bits per heavy atom. The summed E-state index contributed by atoms with van der Waals surface area (Å²) in [6.07, 6.45) is 19.0. The normalized spacial score (nSPS) is 17.2. The molecule has 1 saturated carbocycles. The molecule has 1 aromatic rings. The van der Waals surface area contributed by atoms with Crippen LogP contribution in [0.25, 0.3) is 0 Å². The third-order valence-electron chi connectivity index (χ3n) is 6.52. The summed E-state index contributed by atoms with van der Waals surface area (Å²) in [4.78, 5) is 25.2. The molecule has 2 unspecified atom stereocenters. The monoisotopic (exact) mass is 474 g/mol. The van der Waals surface area contributed by atoms with Crippen LogP contribution < -0.4 is 5.32 Å². The average molecular weight is 475 g/mol. The van der Waals surface area contributed by atoms with E-state index >= 15 is 0 Å². The second kappa shape index (κ2) is 20.0. The highest BCUT2D eigenvalue weighted by molar-refractivity contribution is 5.75. The third-order valence-corrected chi connectivity index (χ3v) is 6.52. The van der Waals surface area contributed by atoms with E-state index in [9.17, 15) is 14.9 Å². The number of nitrogens with zero attached hydrogens (tertiary/aromatic N) is 1. The van der Waals surface area contributed by atoms with E-state index in [0.29, 0.717) is 25.8 Å².